The molecule has 2 N–H and O–H groups in total. The zero-order chi connectivity index (χ0) is 13.7. The van der Waals surface area contributed by atoms with E-state index in [-0.39, 0.29) is 5.92 Å². The highest BCUT2D eigenvalue weighted by Gasteiger charge is 2.35. The van der Waals surface area contributed by atoms with Gasteiger partial charge in [-0.25, -0.2) is 0 Å². The van der Waals surface area contributed by atoms with Crippen LogP contribution in [0, 0.1) is 5.92 Å². The summed E-state index contributed by atoms with van der Waals surface area (Å²) in [6, 6.07) is 8.20. The summed E-state index contributed by atoms with van der Waals surface area (Å²) in [6.07, 6.45) is 5.42. The van der Waals surface area contributed by atoms with Gasteiger partial charge < -0.3 is 10.0 Å². The highest BCUT2D eigenvalue weighted by Crippen LogP contribution is 2.42. The Kier molecular flexibility index (Phi) is 2.30. The second-order valence-electron chi connectivity index (χ2n) is 5.35. The van der Waals surface area contributed by atoms with Crippen molar-refractivity contribution in [2.24, 2.45) is 5.92 Å². The van der Waals surface area contributed by atoms with Gasteiger partial charge in [0.05, 0.1) is 17.3 Å². The van der Waals surface area contributed by atoms with E-state index in [0.717, 1.165) is 17.8 Å². The molecule has 1 saturated heterocycles. The molecule has 1 aromatic rings. The Hall–Kier alpha value is -2.43. The largest absolute Gasteiger partial charge is 0.481 e. The summed E-state index contributed by atoms with van der Waals surface area (Å²) >= 11 is 0. The lowest BCUT2D eigenvalue weighted by Gasteiger charge is -2.37. The third kappa shape index (κ3) is 1.52. The van der Waals surface area contributed by atoms with Crippen molar-refractivity contribution >= 4 is 17.4 Å². The van der Waals surface area contributed by atoms with E-state index in [2.05, 4.69) is 22.5 Å². The molecule has 3 aliphatic heterocycles. The van der Waals surface area contributed by atoms with E-state index < -0.39 is 5.97 Å². The van der Waals surface area contributed by atoms with Gasteiger partial charge in [0.2, 0.25) is 0 Å². The zero-order valence-corrected chi connectivity index (χ0v) is 10.9. The first-order valence-corrected chi connectivity index (χ1v) is 6.80. The summed E-state index contributed by atoms with van der Waals surface area (Å²) in [4.78, 5) is 13.2. The number of hydrazine groups is 1. The summed E-state index contributed by atoms with van der Waals surface area (Å²) in [5.74, 6) is -0.977. The van der Waals surface area contributed by atoms with Gasteiger partial charge in [0.25, 0.3) is 0 Å². The number of aliphatic carboxylic acids is 1. The smallest absolute Gasteiger partial charge is 0.308 e. The number of piperidine rings is 1. The summed E-state index contributed by atoms with van der Waals surface area (Å²) in [7, 11) is 0. The Morgan fingerprint density at radius 3 is 3.00 bits per heavy atom. The highest BCUT2D eigenvalue weighted by atomic mass is 16.4. The summed E-state index contributed by atoms with van der Waals surface area (Å²) < 4.78 is 0. The van der Waals surface area contributed by atoms with Gasteiger partial charge in [-0.15, -0.1) is 0 Å². The standard InChI is InChI=1S/C15H15N3O2/c19-15(20)10-5-6-13-14-11-3-1-2-4-12(11)16-18(14)8-7-17(13)9-10/h1-4,7-8,10,16H,5-6,9H2,(H,19,20). The maximum atomic E-state index is 11.2. The lowest BCUT2D eigenvalue weighted by Crippen LogP contribution is -2.38. The molecule has 0 aromatic heterocycles. The molecule has 0 radical (unpaired) electrons. The maximum Gasteiger partial charge on any atom is 0.308 e. The number of para-hydroxylation sites is 1. The number of nitrogens with zero attached hydrogens (tertiary/aromatic N) is 2. The number of carboxylic acid groups (broad SMARTS) is 1. The molecule has 4 rings (SSSR count). The number of benzene rings is 1. The van der Waals surface area contributed by atoms with Gasteiger partial charge in [-0.1, -0.05) is 18.2 Å². The minimum Gasteiger partial charge on any atom is -0.481 e. The molecule has 3 heterocycles. The molecule has 1 aromatic carbocycles. The van der Waals surface area contributed by atoms with E-state index in [1.165, 1.54) is 11.3 Å². The van der Waals surface area contributed by atoms with E-state index in [4.69, 9.17) is 0 Å². The minimum atomic E-state index is -0.699. The molecule has 5 nitrogen and oxygen atoms in total. The molecular weight excluding hydrogens is 254 g/mol. The fraction of sp³-hybridized carbons (Fsp3) is 0.267. The van der Waals surface area contributed by atoms with Crippen molar-refractivity contribution in [1.82, 2.24) is 9.91 Å². The van der Waals surface area contributed by atoms with Gasteiger partial charge in [0, 0.05) is 30.2 Å². The Balaban J connectivity index is 1.76. The van der Waals surface area contributed by atoms with Crippen LogP contribution < -0.4 is 5.43 Å². The highest BCUT2D eigenvalue weighted by molar-refractivity contribution is 5.84. The quantitative estimate of drug-likeness (QED) is 0.819. The van der Waals surface area contributed by atoms with Crippen LogP contribution in [0.15, 0.2) is 42.4 Å². The third-order valence-electron chi connectivity index (χ3n) is 4.18. The zero-order valence-electron chi connectivity index (χ0n) is 10.9. The summed E-state index contributed by atoms with van der Waals surface area (Å²) in [5.41, 5.74) is 8.00. The predicted octanol–water partition coefficient (Wildman–Crippen LogP) is 2.28. The van der Waals surface area contributed by atoms with Gasteiger partial charge >= 0.3 is 5.97 Å². The van der Waals surface area contributed by atoms with Crippen molar-refractivity contribution in [3.05, 3.63) is 47.9 Å². The van der Waals surface area contributed by atoms with Crippen LogP contribution in [0.3, 0.4) is 0 Å². The van der Waals surface area contributed by atoms with Crippen LogP contribution in [-0.2, 0) is 4.79 Å². The van der Waals surface area contributed by atoms with Crippen LogP contribution in [0.1, 0.15) is 18.4 Å². The van der Waals surface area contributed by atoms with E-state index in [9.17, 15) is 9.90 Å². The van der Waals surface area contributed by atoms with Crippen molar-refractivity contribution < 1.29 is 9.90 Å². The lowest BCUT2D eigenvalue weighted by atomic mass is 9.93. The SMILES string of the molecule is O=C(O)C1CCC2=C3c4ccccc4NN3C=CN2C1. The molecule has 0 amide bonds. The number of carbonyl (C=O) groups is 1. The maximum absolute atomic E-state index is 11.2. The third-order valence-corrected chi connectivity index (χ3v) is 4.18. The van der Waals surface area contributed by atoms with Crippen LogP contribution in [0.5, 0.6) is 0 Å². The van der Waals surface area contributed by atoms with Gasteiger partial charge in [0.15, 0.2) is 0 Å². The lowest BCUT2D eigenvalue weighted by molar-refractivity contribution is -0.142. The van der Waals surface area contributed by atoms with Crippen molar-refractivity contribution in [3.63, 3.8) is 0 Å². The van der Waals surface area contributed by atoms with Gasteiger partial charge in [-0.2, -0.15) is 0 Å². The number of carboxylic acids is 1. The molecule has 0 saturated carbocycles. The Morgan fingerprint density at radius 2 is 2.15 bits per heavy atom. The first kappa shape index (κ1) is 11.4. The fourth-order valence-electron chi connectivity index (χ4n) is 3.16. The topological polar surface area (TPSA) is 55.8 Å². The van der Waals surface area contributed by atoms with Gasteiger partial charge in [-0.05, 0) is 18.9 Å². The van der Waals surface area contributed by atoms with E-state index in [0.29, 0.717) is 13.0 Å². The van der Waals surface area contributed by atoms with Crippen LogP contribution in [0.25, 0.3) is 5.70 Å². The molecule has 0 aliphatic carbocycles. The monoisotopic (exact) mass is 269 g/mol. The number of nitrogens with one attached hydrogen (secondary N) is 1. The van der Waals surface area contributed by atoms with Gasteiger partial charge in [0.1, 0.15) is 0 Å². The van der Waals surface area contributed by atoms with Crippen molar-refractivity contribution in [2.45, 2.75) is 12.8 Å². The number of allylic oxidation sites excluding steroid dienone is 1. The first-order valence-electron chi connectivity index (χ1n) is 6.80. The molecule has 0 bridgehead atoms. The second-order valence-corrected chi connectivity index (χ2v) is 5.35. The molecule has 1 fully saturated rings. The van der Waals surface area contributed by atoms with Crippen LogP contribution >= 0.6 is 0 Å². The molecule has 0 spiro atoms. The molecule has 5 heteroatoms. The minimum absolute atomic E-state index is 0.278. The van der Waals surface area contributed by atoms with Crippen molar-refractivity contribution in [1.29, 1.82) is 0 Å². The molecule has 20 heavy (non-hydrogen) atoms. The van der Waals surface area contributed by atoms with E-state index in [1.54, 1.807) is 0 Å². The van der Waals surface area contributed by atoms with E-state index >= 15 is 0 Å². The van der Waals surface area contributed by atoms with Crippen LogP contribution in [0.2, 0.25) is 0 Å². The molecule has 1 atom stereocenters. The number of anilines is 1. The predicted molar refractivity (Wildman–Crippen MR) is 75.0 cm³/mol. The number of fused-ring (bicyclic) bond motifs is 4. The van der Waals surface area contributed by atoms with Gasteiger partial charge in [-0.3, -0.25) is 15.2 Å². The average molecular weight is 269 g/mol. The normalized spacial score (nSPS) is 23.1. The van der Waals surface area contributed by atoms with Crippen molar-refractivity contribution in [2.75, 3.05) is 12.0 Å². The fourth-order valence-corrected chi connectivity index (χ4v) is 3.16. The van der Waals surface area contributed by atoms with Crippen LogP contribution in [-0.4, -0.2) is 27.5 Å². The first-order chi connectivity index (χ1) is 9.74. The Bertz CT molecular complexity index is 650. The average Bonchev–Trinajstić information content (AvgIpc) is 2.85. The molecule has 3 aliphatic rings. The summed E-state index contributed by atoms with van der Waals surface area (Å²) in [6.45, 7) is 0.556. The molecule has 1 unspecified atom stereocenters. The number of hydrogen-bond acceptors (Lipinski definition) is 4. The Morgan fingerprint density at radius 1 is 1.30 bits per heavy atom. The number of hydrogen-bond donors (Lipinski definition) is 2. The molecule has 102 valence electrons. The number of rotatable bonds is 1. The second kappa shape index (κ2) is 4.03. The van der Waals surface area contributed by atoms with E-state index in [1.807, 2.05) is 29.5 Å². The molecular formula is C15H15N3O2. The summed E-state index contributed by atoms with van der Waals surface area (Å²) in [5, 5.41) is 11.2. The van der Waals surface area contributed by atoms with Crippen molar-refractivity contribution in [3.8, 4) is 0 Å². The Labute approximate surface area is 116 Å². The van der Waals surface area contributed by atoms with Crippen LogP contribution in [0.4, 0.5) is 5.69 Å².